The van der Waals surface area contributed by atoms with Crippen molar-refractivity contribution in [3.63, 3.8) is 0 Å². The predicted molar refractivity (Wildman–Crippen MR) is 106 cm³/mol. The fourth-order valence-electron chi connectivity index (χ4n) is 2.41. The fourth-order valence-corrected chi connectivity index (χ4v) is 3.02. The lowest BCUT2D eigenvalue weighted by Crippen LogP contribution is -2.15. The molecular formula is C20H18FN3O3S. The number of amides is 1. The number of hydrogen-bond acceptors (Lipinski definition) is 6. The van der Waals surface area contributed by atoms with Gasteiger partial charge < -0.3 is 14.8 Å². The highest BCUT2D eigenvalue weighted by molar-refractivity contribution is 7.99. The molecule has 144 valence electrons. The first-order valence-electron chi connectivity index (χ1n) is 8.33. The molecule has 1 heterocycles. The number of nitrogens with zero attached hydrogens (tertiary/aromatic N) is 2. The number of methoxy groups -OCH3 is 2. The van der Waals surface area contributed by atoms with Crippen molar-refractivity contribution in [1.82, 2.24) is 10.2 Å². The summed E-state index contributed by atoms with van der Waals surface area (Å²) in [7, 11) is 3.09. The maximum Gasteiger partial charge on any atom is 0.234 e. The van der Waals surface area contributed by atoms with Crippen molar-refractivity contribution in [2.24, 2.45) is 0 Å². The Bertz CT molecular complexity index is 950. The lowest BCUT2D eigenvalue weighted by molar-refractivity contribution is -0.113. The number of aromatic nitrogens is 2. The monoisotopic (exact) mass is 399 g/mol. The van der Waals surface area contributed by atoms with Crippen molar-refractivity contribution in [3.05, 3.63) is 60.4 Å². The van der Waals surface area contributed by atoms with Crippen LogP contribution in [0.25, 0.3) is 11.3 Å². The number of thioether (sulfide) groups is 1. The number of hydrogen-bond donors (Lipinski definition) is 1. The quantitative estimate of drug-likeness (QED) is 0.605. The third-order valence-electron chi connectivity index (χ3n) is 3.81. The number of carbonyl (C=O) groups is 1. The van der Waals surface area contributed by atoms with Gasteiger partial charge in [-0.1, -0.05) is 11.8 Å². The van der Waals surface area contributed by atoms with E-state index in [-0.39, 0.29) is 17.5 Å². The summed E-state index contributed by atoms with van der Waals surface area (Å²) < 4.78 is 23.4. The molecule has 2 aromatic carbocycles. The molecule has 0 unspecified atom stereocenters. The molecule has 0 aliphatic carbocycles. The van der Waals surface area contributed by atoms with E-state index in [1.807, 2.05) is 0 Å². The number of rotatable bonds is 7. The van der Waals surface area contributed by atoms with Crippen LogP contribution in [0.2, 0.25) is 0 Å². The van der Waals surface area contributed by atoms with Crippen molar-refractivity contribution < 1.29 is 18.7 Å². The molecular weight excluding hydrogens is 381 g/mol. The molecule has 1 aromatic heterocycles. The van der Waals surface area contributed by atoms with E-state index in [1.54, 1.807) is 49.6 Å². The van der Waals surface area contributed by atoms with Gasteiger partial charge in [0.1, 0.15) is 22.3 Å². The maximum atomic E-state index is 13.0. The molecule has 0 atom stereocenters. The highest BCUT2D eigenvalue weighted by Crippen LogP contribution is 2.29. The summed E-state index contributed by atoms with van der Waals surface area (Å²) in [6, 6.07) is 14.7. The fraction of sp³-hybridized carbons (Fsp3) is 0.150. The topological polar surface area (TPSA) is 73.3 Å². The van der Waals surface area contributed by atoms with Gasteiger partial charge in [0.05, 0.1) is 31.4 Å². The number of halogens is 1. The van der Waals surface area contributed by atoms with Gasteiger partial charge in [-0.2, -0.15) is 0 Å². The van der Waals surface area contributed by atoms with Crippen molar-refractivity contribution in [3.8, 4) is 22.8 Å². The molecule has 3 rings (SSSR count). The van der Waals surface area contributed by atoms with Crippen molar-refractivity contribution >= 4 is 23.4 Å². The van der Waals surface area contributed by atoms with E-state index in [1.165, 1.54) is 31.0 Å². The maximum absolute atomic E-state index is 13.0. The summed E-state index contributed by atoms with van der Waals surface area (Å²) in [5.74, 6) is 0.808. The smallest absolute Gasteiger partial charge is 0.234 e. The van der Waals surface area contributed by atoms with Crippen LogP contribution < -0.4 is 14.8 Å². The lowest BCUT2D eigenvalue weighted by atomic mass is 10.1. The van der Waals surface area contributed by atoms with Crippen LogP contribution in [0, 0.1) is 5.82 Å². The van der Waals surface area contributed by atoms with E-state index in [2.05, 4.69) is 15.5 Å². The molecule has 0 aliphatic rings. The molecule has 0 aliphatic heterocycles. The second-order valence-electron chi connectivity index (χ2n) is 5.67. The van der Waals surface area contributed by atoms with Gasteiger partial charge in [0.2, 0.25) is 5.91 Å². The van der Waals surface area contributed by atoms with Gasteiger partial charge >= 0.3 is 0 Å². The first-order chi connectivity index (χ1) is 13.6. The standard InChI is InChI=1S/C20H18FN3O3S/c1-26-15-7-9-18(27-2)17(11-15)22-19(25)12-28-20-10-8-16(23-24-20)13-3-5-14(21)6-4-13/h3-11H,12H2,1-2H3,(H,22,25). The Hall–Kier alpha value is -3.13. The van der Waals surface area contributed by atoms with Gasteiger partial charge in [0, 0.05) is 11.6 Å². The van der Waals surface area contributed by atoms with Crippen molar-refractivity contribution in [1.29, 1.82) is 0 Å². The van der Waals surface area contributed by atoms with Crippen LogP contribution in [0.4, 0.5) is 10.1 Å². The molecule has 0 saturated heterocycles. The van der Waals surface area contributed by atoms with Crippen LogP contribution in [0.5, 0.6) is 11.5 Å². The summed E-state index contributed by atoms with van der Waals surface area (Å²) in [6.45, 7) is 0. The zero-order valence-electron chi connectivity index (χ0n) is 15.3. The molecule has 8 heteroatoms. The van der Waals surface area contributed by atoms with Crippen molar-refractivity contribution in [2.45, 2.75) is 5.03 Å². The highest BCUT2D eigenvalue weighted by atomic mass is 32.2. The van der Waals surface area contributed by atoms with E-state index < -0.39 is 0 Å². The zero-order valence-corrected chi connectivity index (χ0v) is 16.1. The molecule has 0 spiro atoms. The number of benzene rings is 2. The lowest BCUT2D eigenvalue weighted by Gasteiger charge is -2.11. The Kier molecular flexibility index (Phi) is 6.44. The number of nitrogens with one attached hydrogen (secondary N) is 1. The molecule has 6 nitrogen and oxygen atoms in total. The zero-order chi connectivity index (χ0) is 19.9. The predicted octanol–water partition coefficient (Wildman–Crippen LogP) is 4.03. The minimum absolute atomic E-state index is 0.158. The molecule has 0 radical (unpaired) electrons. The normalized spacial score (nSPS) is 10.4. The molecule has 28 heavy (non-hydrogen) atoms. The van der Waals surface area contributed by atoms with Crippen LogP contribution in [-0.4, -0.2) is 36.1 Å². The molecule has 0 bridgehead atoms. The number of ether oxygens (including phenoxy) is 2. The molecule has 1 amide bonds. The first-order valence-corrected chi connectivity index (χ1v) is 9.32. The largest absolute Gasteiger partial charge is 0.497 e. The Balaban J connectivity index is 1.59. The van der Waals surface area contributed by atoms with Gasteiger partial charge in [0.25, 0.3) is 0 Å². The molecule has 0 saturated carbocycles. The summed E-state index contributed by atoms with van der Waals surface area (Å²) >= 11 is 1.26. The van der Waals surface area contributed by atoms with E-state index in [0.29, 0.717) is 27.9 Å². The second kappa shape index (κ2) is 9.18. The van der Waals surface area contributed by atoms with E-state index >= 15 is 0 Å². The van der Waals surface area contributed by atoms with Gasteiger partial charge in [-0.3, -0.25) is 4.79 Å². The van der Waals surface area contributed by atoms with E-state index in [9.17, 15) is 9.18 Å². The summed E-state index contributed by atoms with van der Waals surface area (Å²) in [4.78, 5) is 12.3. The Morgan fingerprint density at radius 2 is 1.82 bits per heavy atom. The summed E-state index contributed by atoms with van der Waals surface area (Å²) in [5, 5.41) is 11.7. The van der Waals surface area contributed by atoms with Gasteiger partial charge in [-0.05, 0) is 48.5 Å². The third kappa shape index (κ3) is 4.98. The van der Waals surface area contributed by atoms with Crippen LogP contribution in [0.15, 0.2) is 59.6 Å². The van der Waals surface area contributed by atoms with Crippen LogP contribution in [0.3, 0.4) is 0 Å². The van der Waals surface area contributed by atoms with Crippen LogP contribution in [0.1, 0.15) is 0 Å². The van der Waals surface area contributed by atoms with Crippen LogP contribution >= 0.6 is 11.8 Å². The minimum atomic E-state index is -0.303. The average molecular weight is 399 g/mol. The SMILES string of the molecule is COc1ccc(OC)c(NC(=O)CSc2ccc(-c3ccc(F)cc3)nn2)c1. The third-order valence-corrected chi connectivity index (χ3v) is 4.73. The van der Waals surface area contributed by atoms with Crippen LogP contribution in [-0.2, 0) is 4.79 Å². The second-order valence-corrected chi connectivity index (χ2v) is 6.66. The Morgan fingerprint density at radius 1 is 1.04 bits per heavy atom. The Morgan fingerprint density at radius 3 is 2.46 bits per heavy atom. The van der Waals surface area contributed by atoms with Gasteiger partial charge in [-0.15, -0.1) is 10.2 Å². The van der Waals surface area contributed by atoms with E-state index in [4.69, 9.17) is 9.47 Å². The Labute approximate surface area is 166 Å². The van der Waals surface area contributed by atoms with Gasteiger partial charge in [0.15, 0.2) is 0 Å². The van der Waals surface area contributed by atoms with Crippen molar-refractivity contribution in [2.75, 3.05) is 25.3 Å². The molecule has 1 N–H and O–H groups in total. The highest BCUT2D eigenvalue weighted by Gasteiger charge is 2.10. The summed E-state index contributed by atoms with van der Waals surface area (Å²) in [5.41, 5.74) is 1.94. The number of carbonyl (C=O) groups excluding carboxylic acids is 1. The average Bonchev–Trinajstić information content (AvgIpc) is 2.73. The number of anilines is 1. The minimum Gasteiger partial charge on any atom is -0.497 e. The molecule has 0 fully saturated rings. The van der Waals surface area contributed by atoms with E-state index in [0.717, 1.165) is 5.56 Å². The first kappa shape index (κ1) is 19.6. The summed E-state index contributed by atoms with van der Waals surface area (Å²) in [6.07, 6.45) is 0. The van der Waals surface area contributed by atoms with Gasteiger partial charge in [-0.25, -0.2) is 4.39 Å². The molecule has 3 aromatic rings.